The molecule has 1 aliphatic carbocycles. The minimum atomic E-state index is -3.38. The molecule has 0 radical (unpaired) electrons. The van der Waals surface area contributed by atoms with Crippen molar-refractivity contribution in [1.29, 1.82) is 0 Å². The molecule has 0 saturated heterocycles. The van der Waals surface area contributed by atoms with Crippen LogP contribution in [0.5, 0.6) is 0 Å². The molecular formula is C15H22BrNO2S. The van der Waals surface area contributed by atoms with Gasteiger partial charge in [0.2, 0.25) is 10.0 Å². The highest BCUT2D eigenvalue weighted by Gasteiger charge is 2.31. The van der Waals surface area contributed by atoms with E-state index in [1.165, 1.54) is 6.42 Å². The summed E-state index contributed by atoms with van der Waals surface area (Å²) in [7, 11) is -1.67. The molecule has 1 fully saturated rings. The molecule has 0 bridgehead atoms. The first kappa shape index (κ1) is 16.0. The van der Waals surface area contributed by atoms with E-state index in [1.807, 2.05) is 6.07 Å². The lowest BCUT2D eigenvalue weighted by Gasteiger charge is -2.33. The van der Waals surface area contributed by atoms with Crippen LogP contribution in [-0.2, 0) is 10.0 Å². The van der Waals surface area contributed by atoms with Gasteiger partial charge in [-0.25, -0.2) is 8.42 Å². The summed E-state index contributed by atoms with van der Waals surface area (Å²) in [4.78, 5) is 0.368. The van der Waals surface area contributed by atoms with Crippen LogP contribution >= 0.6 is 15.9 Å². The third-order valence-corrected chi connectivity index (χ3v) is 6.78. The Morgan fingerprint density at radius 2 is 1.90 bits per heavy atom. The van der Waals surface area contributed by atoms with Crippen LogP contribution in [0.15, 0.2) is 33.6 Å². The fourth-order valence-corrected chi connectivity index (χ4v) is 4.92. The molecule has 0 unspecified atom stereocenters. The van der Waals surface area contributed by atoms with Crippen molar-refractivity contribution in [3.05, 3.63) is 28.7 Å². The molecular weight excluding hydrogens is 338 g/mol. The number of hydrogen-bond acceptors (Lipinski definition) is 2. The topological polar surface area (TPSA) is 37.4 Å². The van der Waals surface area contributed by atoms with Gasteiger partial charge in [0.05, 0.1) is 4.90 Å². The van der Waals surface area contributed by atoms with Gasteiger partial charge in [-0.05, 0) is 49.8 Å². The van der Waals surface area contributed by atoms with Gasteiger partial charge in [-0.1, -0.05) is 35.3 Å². The third kappa shape index (κ3) is 3.43. The summed E-state index contributed by atoms with van der Waals surface area (Å²) in [5.41, 5.74) is 0. The second kappa shape index (κ2) is 6.58. The zero-order chi connectivity index (χ0) is 14.8. The van der Waals surface area contributed by atoms with Crippen LogP contribution < -0.4 is 0 Å². The number of halogens is 1. The zero-order valence-electron chi connectivity index (χ0n) is 12.0. The predicted octanol–water partition coefficient (Wildman–Crippen LogP) is 4.04. The maximum Gasteiger partial charge on any atom is 0.243 e. The van der Waals surface area contributed by atoms with E-state index in [1.54, 1.807) is 29.6 Å². The zero-order valence-corrected chi connectivity index (χ0v) is 14.5. The first-order chi connectivity index (χ1) is 9.45. The summed E-state index contributed by atoms with van der Waals surface area (Å²) in [6.45, 7) is 2.22. The van der Waals surface area contributed by atoms with E-state index in [2.05, 4.69) is 22.9 Å². The molecule has 20 heavy (non-hydrogen) atoms. The fraction of sp³-hybridized carbons (Fsp3) is 0.600. The molecule has 0 aromatic heterocycles. The molecule has 1 saturated carbocycles. The molecule has 0 spiro atoms. The Balaban J connectivity index is 2.14. The van der Waals surface area contributed by atoms with E-state index < -0.39 is 10.0 Å². The van der Waals surface area contributed by atoms with E-state index in [4.69, 9.17) is 0 Å². The van der Waals surface area contributed by atoms with Crippen LogP contribution in [-0.4, -0.2) is 25.8 Å². The average Bonchev–Trinajstić information content (AvgIpc) is 2.46. The van der Waals surface area contributed by atoms with Gasteiger partial charge >= 0.3 is 0 Å². The highest BCUT2D eigenvalue weighted by Crippen LogP contribution is 2.31. The molecule has 3 nitrogen and oxygen atoms in total. The Morgan fingerprint density at radius 1 is 1.25 bits per heavy atom. The monoisotopic (exact) mass is 359 g/mol. The van der Waals surface area contributed by atoms with Gasteiger partial charge in [0, 0.05) is 17.6 Å². The number of rotatable bonds is 4. The van der Waals surface area contributed by atoms with Crippen molar-refractivity contribution in [1.82, 2.24) is 4.31 Å². The Bertz CT molecular complexity index is 551. The number of benzene rings is 1. The minimum Gasteiger partial charge on any atom is -0.207 e. The second-order valence-corrected chi connectivity index (χ2v) is 8.47. The van der Waals surface area contributed by atoms with E-state index in [0.29, 0.717) is 4.90 Å². The van der Waals surface area contributed by atoms with Gasteiger partial charge < -0.3 is 0 Å². The van der Waals surface area contributed by atoms with Crippen molar-refractivity contribution in [3.63, 3.8) is 0 Å². The van der Waals surface area contributed by atoms with Crippen LogP contribution in [0, 0.1) is 5.92 Å². The van der Waals surface area contributed by atoms with Crippen molar-refractivity contribution in [2.45, 2.75) is 50.0 Å². The van der Waals surface area contributed by atoms with Crippen molar-refractivity contribution >= 4 is 26.0 Å². The first-order valence-electron chi connectivity index (χ1n) is 7.18. The third-order valence-electron chi connectivity index (χ3n) is 4.38. The molecule has 0 heterocycles. The smallest absolute Gasteiger partial charge is 0.207 e. The lowest BCUT2D eigenvalue weighted by atomic mass is 9.85. The summed E-state index contributed by atoms with van der Waals surface area (Å²) < 4.78 is 27.6. The van der Waals surface area contributed by atoms with Crippen molar-refractivity contribution < 1.29 is 8.42 Å². The summed E-state index contributed by atoms with van der Waals surface area (Å²) in [5, 5.41) is 0. The van der Waals surface area contributed by atoms with E-state index in [-0.39, 0.29) is 6.04 Å². The fourth-order valence-electron chi connectivity index (χ4n) is 2.91. The van der Waals surface area contributed by atoms with Crippen LogP contribution in [0.4, 0.5) is 0 Å². The summed E-state index contributed by atoms with van der Waals surface area (Å²) >= 11 is 3.33. The molecule has 1 aromatic carbocycles. The Labute approximate surface area is 130 Å². The molecule has 0 amide bonds. The summed E-state index contributed by atoms with van der Waals surface area (Å²) in [5.74, 6) is 0.772. The van der Waals surface area contributed by atoms with Crippen LogP contribution in [0.1, 0.15) is 39.0 Å². The number of sulfonamides is 1. The molecule has 2 rings (SSSR count). The molecule has 112 valence electrons. The van der Waals surface area contributed by atoms with Gasteiger partial charge in [-0.2, -0.15) is 4.31 Å². The van der Waals surface area contributed by atoms with Crippen LogP contribution in [0.25, 0.3) is 0 Å². The normalized spacial score (nSPS) is 24.0. The summed E-state index contributed by atoms with van der Waals surface area (Å²) in [6.07, 6.45) is 5.43. The number of hydrogen-bond donors (Lipinski definition) is 0. The Morgan fingerprint density at radius 3 is 2.45 bits per heavy atom. The van der Waals surface area contributed by atoms with Crippen molar-refractivity contribution in [2.24, 2.45) is 5.92 Å². The molecule has 0 N–H and O–H groups in total. The van der Waals surface area contributed by atoms with Gasteiger partial charge in [-0.3, -0.25) is 0 Å². The molecule has 5 heteroatoms. The largest absolute Gasteiger partial charge is 0.243 e. The van der Waals surface area contributed by atoms with Gasteiger partial charge in [0.25, 0.3) is 0 Å². The van der Waals surface area contributed by atoms with E-state index in [9.17, 15) is 8.42 Å². The molecule has 0 atom stereocenters. The predicted molar refractivity (Wildman–Crippen MR) is 85.1 cm³/mol. The van der Waals surface area contributed by atoms with Gasteiger partial charge in [0.1, 0.15) is 0 Å². The SMILES string of the molecule is CCC1CCC(N(C)S(=O)(=O)c2cccc(Br)c2)CC1. The average molecular weight is 360 g/mol. The number of nitrogens with zero attached hydrogens (tertiary/aromatic N) is 1. The van der Waals surface area contributed by atoms with E-state index >= 15 is 0 Å². The minimum absolute atomic E-state index is 0.141. The standard InChI is InChI=1S/C15H22BrNO2S/c1-3-12-7-9-14(10-8-12)17(2)20(18,19)15-6-4-5-13(16)11-15/h4-6,11-12,14H,3,7-10H2,1-2H3. The van der Waals surface area contributed by atoms with Crippen LogP contribution in [0.3, 0.4) is 0 Å². The van der Waals surface area contributed by atoms with Gasteiger partial charge in [-0.15, -0.1) is 0 Å². The van der Waals surface area contributed by atoms with Crippen molar-refractivity contribution in [3.8, 4) is 0 Å². The molecule has 0 aliphatic heterocycles. The first-order valence-corrected chi connectivity index (χ1v) is 9.42. The Kier molecular flexibility index (Phi) is 5.26. The quantitative estimate of drug-likeness (QED) is 0.813. The van der Waals surface area contributed by atoms with E-state index in [0.717, 1.165) is 36.1 Å². The van der Waals surface area contributed by atoms with Crippen LogP contribution in [0.2, 0.25) is 0 Å². The lowest BCUT2D eigenvalue weighted by Crippen LogP contribution is -2.39. The highest BCUT2D eigenvalue weighted by molar-refractivity contribution is 9.10. The molecule has 1 aromatic rings. The second-order valence-electron chi connectivity index (χ2n) is 5.56. The molecule has 1 aliphatic rings. The highest BCUT2D eigenvalue weighted by atomic mass is 79.9. The lowest BCUT2D eigenvalue weighted by molar-refractivity contribution is 0.233. The maximum atomic E-state index is 12.6. The maximum absolute atomic E-state index is 12.6. The Hall–Kier alpha value is -0.390. The van der Waals surface area contributed by atoms with Crippen molar-refractivity contribution in [2.75, 3.05) is 7.05 Å². The van der Waals surface area contributed by atoms with Gasteiger partial charge in [0.15, 0.2) is 0 Å². The summed E-state index contributed by atoms with van der Waals surface area (Å²) in [6, 6.07) is 7.07.